The lowest BCUT2D eigenvalue weighted by Gasteiger charge is -2.39. The lowest BCUT2D eigenvalue weighted by atomic mass is 9.96. The topological polar surface area (TPSA) is 114 Å². The molecule has 5 rings (SSSR count). The van der Waals surface area contributed by atoms with Gasteiger partial charge in [-0.1, -0.05) is 0 Å². The molecule has 0 radical (unpaired) electrons. The highest BCUT2D eigenvalue weighted by Crippen LogP contribution is 2.42. The number of halogens is 6. The van der Waals surface area contributed by atoms with Gasteiger partial charge in [-0.2, -0.15) is 26.3 Å². The number of nitrogens with zero attached hydrogens (tertiary/aromatic N) is 4. The van der Waals surface area contributed by atoms with Crippen molar-refractivity contribution in [2.75, 3.05) is 57.9 Å². The molecule has 4 N–H and O–H groups in total. The Labute approximate surface area is 278 Å². The minimum absolute atomic E-state index is 0.145. The zero-order valence-corrected chi connectivity index (χ0v) is 27.4. The molecule has 2 fully saturated rings. The second-order valence-corrected chi connectivity index (χ2v) is 13.5. The summed E-state index contributed by atoms with van der Waals surface area (Å²) < 4.78 is 82.6. The quantitative estimate of drug-likeness (QED) is 0.287. The number of alkyl halides is 6. The molecule has 0 saturated carbocycles. The largest absolute Gasteiger partial charge is 0.418 e. The average molecular weight is 704 g/mol. The van der Waals surface area contributed by atoms with Gasteiger partial charge in [0.1, 0.15) is 6.04 Å². The molecule has 1 aromatic heterocycles. The molecule has 3 aliphatic rings. The van der Waals surface area contributed by atoms with Crippen LogP contribution in [0.2, 0.25) is 0 Å². The van der Waals surface area contributed by atoms with Crippen LogP contribution < -0.4 is 16.4 Å². The normalized spacial score (nSPS) is 19.2. The van der Waals surface area contributed by atoms with E-state index in [0.29, 0.717) is 63.9 Å². The van der Waals surface area contributed by atoms with Crippen molar-refractivity contribution in [3.8, 4) is 0 Å². The highest BCUT2D eigenvalue weighted by molar-refractivity contribution is 7.08. The van der Waals surface area contributed by atoms with Crippen LogP contribution in [-0.2, 0) is 30.0 Å². The van der Waals surface area contributed by atoms with Gasteiger partial charge in [0, 0.05) is 56.6 Å². The summed E-state index contributed by atoms with van der Waals surface area (Å²) in [5.74, 6) is -0.594. The number of carbonyl (C=O) groups is 3. The van der Waals surface area contributed by atoms with Gasteiger partial charge in [0.05, 0.1) is 22.5 Å². The maximum atomic E-state index is 13.8. The molecule has 4 heterocycles. The van der Waals surface area contributed by atoms with Crippen molar-refractivity contribution in [1.82, 2.24) is 24.9 Å². The Morgan fingerprint density at radius 1 is 0.958 bits per heavy atom. The number of nitrogens with two attached hydrogens (primary N) is 1. The molecular weight excluding hydrogens is 664 g/mol. The van der Waals surface area contributed by atoms with Crippen molar-refractivity contribution in [2.45, 2.75) is 69.0 Å². The molecule has 5 amide bonds. The van der Waals surface area contributed by atoms with Crippen molar-refractivity contribution in [2.24, 2.45) is 0 Å². The number of carbonyl (C=O) groups excluding carboxylic acids is 3. The van der Waals surface area contributed by atoms with Crippen molar-refractivity contribution < 1.29 is 40.7 Å². The first kappa shape index (κ1) is 35.6. The summed E-state index contributed by atoms with van der Waals surface area (Å²) in [6.07, 6.45) is -8.16. The number of amides is 5. The van der Waals surface area contributed by atoms with Crippen LogP contribution >= 0.6 is 11.3 Å². The number of benzene rings is 1. The molecule has 264 valence electrons. The van der Waals surface area contributed by atoms with Crippen molar-refractivity contribution >= 4 is 40.7 Å². The first-order valence-corrected chi connectivity index (χ1v) is 16.7. The van der Waals surface area contributed by atoms with Gasteiger partial charge < -0.3 is 36.0 Å². The van der Waals surface area contributed by atoms with E-state index in [2.05, 4.69) is 10.6 Å². The molecule has 1 atom stereocenters. The van der Waals surface area contributed by atoms with Gasteiger partial charge >= 0.3 is 24.4 Å². The van der Waals surface area contributed by atoms with Gasteiger partial charge in [0.15, 0.2) is 0 Å². The molecule has 0 aliphatic carbocycles. The van der Waals surface area contributed by atoms with E-state index in [9.17, 15) is 40.7 Å². The number of piperidine rings is 2. The molecule has 10 nitrogen and oxygen atoms in total. The number of hydrogen-bond donors (Lipinski definition) is 3. The zero-order chi connectivity index (χ0) is 35.0. The van der Waals surface area contributed by atoms with Gasteiger partial charge in [0.25, 0.3) is 0 Å². The summed E-state index contributed by atoms with van der Waals surface area (Å²) in [5.41, 5.74) is 1.95. The van der Waals surface area contributed by atoms with E-state index in [1.54, 1.807) is 4.90 Å². The van der Waals surface area contributed by atoms with Crippen LogP contribution in [0.5, 0.6) is 0 Å². The van der Waals surface area contributed by atoms with Crippen molar-refractivity contribution in [3.05, 3.63) is 45.1 Å². The Hall–Kier alpha value is -3.73. The predicted octanol–water partition coefficient (Wildman–Crippen LogP) is 5.10. The average Bonchev–Trinajstić information content (AvgIpc) is 3.40. The lowest BCUT2D eigenvalue weighted by molar-refractivity contribution is -0.141. The maximum absolute atomic E-state index is 13.8. The molecule has 48 heavy (non-hydrogen) atoms. The Morgan fingerprint density at radius 3 is 2.10 bits per heavy atom. The SMILES string of the molecule is CN(C)C1CCN(C(=O)[C@@H](Cc2cc(C(F)(F)F)c(N)c(C(F)(F)F)c2)NC(=O)N2CCC(N3CCc4cscc4NC3=O)CC2)CC1. The maximum Gasteiger partial charge on any atom is 0.418 e. The third-order valence-corrected chi connectivity index (χ3v) is 10.2. The Morgan fingerprint density at radius 2 is 1.54 bits per heavy atom. The van der Waals surface area contributed by atoms with Crippen LogP contribution in [0.3, 0.4) is 0 Å². The number of nitrogen functional groups attached to an aromatic ring is 1. The van der Waals surface area contributed by atoms with E-state index < -0.39 is 59.1 Å². The Kier molecular flexibility index (Phi) is 10.4. The molecule has 0 bridgehead atoms. The van der Waals surface area contributed by atoms with E-state index in [4.69, 9.17) is 5.73 Å². The molecule has 17 heteroatoms. The number of likely N-dealkylation sites (tertiary alicyclic amines) is 2. The Bertz CT molecular complexity index is 1460. The summed E-state index contributed by atoms with van der Waals surface area (Å²) in [7, 11) is 3.81. The summed E-state index contributed by atoms with van der Waals surface area (Å²) in [4.78, 5) is 46.9. The van der Waals surface area contributed by atoms with Crippen LogP contribution in [0.4, 0.5) is 47.3 Å². The van der Waals surface area contributed by atoms with E-state index in [-0.39, 0.29) is 31.2 Å². The molecular formula is C31H39F6N7O3S. The van der Waals surface area contributed by atoms with E-state index in [1.165, 1.54) is 21.1 Å². The number of urea groups is 2. The summed E-state index contributed by atoms with van der Waals surface area (Å²) in [6.45, 7) is 1.60. The van der Waals surface area contributed by atoms with Gasteiger partial charge in [-0.05, 0) is 74.8 Å². The summed E-state index contributed by atoms with van der Waals surface area (Å²) >= 11 is 1.51. The molecule has 2 aromatic rings. The number of hydrogen-bond acceptors (Lipinski definition) is 6. The third kappa shape index (κ3) is 7.93. The third-order valence-electron chi connectivity index (χ3n) is 9.45. The molecule has 2 saturated heterocycles. The Balaban J connectivity index is 1.32. The monoisotopic (exact) mass is 703 g/mol. The fourth-order valence-corrected chi connectivity index (χ4v) is 7.51. The fraction of sp³-hybridized carbons (Fsp3) is 0.581. The molecule has 3 aliphatic heterocycles. The van der Waals surface area contributed by atoms with Crippen LogP contribution in [0.15, 0.2) is 22.9 Å². The number of rotatable bonds is 6. The van der Waals surface area contributed by atoms with E-state index >= 15 is 0 Å². The number of anilines is 2. The van der Waals surface area contributed by atoms with Crippen LogP contribution in [0.1, 0.15) is 47.9 Å². The zero-order valence-electron chi connectivity index (χ0n) is 26.6. The highest BCUT2D eigenvalue weighted by Gasteiger charge is 2.42. The van der Waals surface area contributed by atoms with Crippen LogP contribution in [0, 0.1) is 0 Å². The molecule has 0 unspecified atom stereocenters. The fourth-order valence-electron chi connectivity index (χ4n) is 6.68. The van der Waals surface area contributed by atoms with Crippen molar-refractivity contribution in [3.63, 3.8) is 0 Å². The summed E-state index contributed by atoms with van der Waals surface area (Å²) in [6, 6.07) is -1.26. The minimum Gasteiger partial charge on any atom is -0.398 e. The second-order valence-electron chi connectivity index (χ2n) is 12.7. The van der Waals surface area contributed by atoms with Crippen LogP contribution in [-0.4, -0.2) is 103 Å². The van der Waals surface area contributed by atoms with Gasteiger partial charge in [0.2, 0.25) is 5.91 Å². The van der Waals surface area contributed by atoms with Crippen LogP contribution in [0.25, 0.3) is 0 Å². The first-order chi connectivity index (χ1) is 22.5. The number of fused-ring (bicyclic) bond motifs is 1. The minimum atomic E-state index is -5.18. The van der Waals surface area contributed by atoms with E-state index in [0.717, 1.165) is 11.3 Å². The summed E-state index contributed by atoms with van der Waals surface area (Å²) in [5, 5.41) is 9.42. The van der Waals surface area contributed by atoms with Gasteiger partial charge in [-0.25, -0.2) is 9.59 Å². The number of thiophene rings is 1. The van der Waals surface area contributed by atoms with Crippen molar-refractivity contribution in [1.29, 1.82) is 0 Å². The lowest BCUT2D eigenvalue weighted by Crippen LogP contribution is -2.57. The molecule has 0 spiro atoms. The predicted molar refractivity (Wildman–Crippen MR) is 169 cm³/mol. The van der Waals surface area contributed by atoms with Gasteiger partial charge in [-0.15, -0.1) is 11.3 Å². The first-order valence-electron chi connectivity index (χ1n) is 15.7. The second kappa shape index (κ2) is 14.0. The van der Waals surface area contributed by atoms with E-state index in [1.807, 2.05) is 29.8 Å². The number of nitrogens with one attached hydrogen (secondary N) is 2. The smallest absolute Gasteiger partial charge is 0.398 e. The standard InChI is InChI=1S/C31H39F6N7O3S/c1-41(2)20-4-8-42(9-5-20)27(45)24(15-18-13-22(30(32,33)34)26(38)23(14-18)31(35,36)37)39-28(46)43-10-6-21(7-11-43)44-12-3-19-16-48-17-25(19)40-29(44)47/h13-14,16-17,20-21,24H,3-12,15,38H2,1-2H3,(H,39,46)(H,40,47)/t24-/m1/s1. The van der Waals surface area contributed by atoms with Gasteiger partial charge in [-0.3, -0.25) is 4.79 Å². The highest BCUT2D eigenvalue weighted by atomic mass is 32.1. The molecule has 1 aromatic carbocycles.